The summed E-state index contributed by atoms with van der Waals surface area (Å²) in [7, 11) is 3.33. The maximum atomic E-state index is 5.45. The van der Waals surface area contributed by atoms with Crippen molar-refractivity contribution in [1.82, 2.24) is 4.98 Å². The van der Waals surface area contributed by atoms with Crippen LogP contribution in [-0.4, -0.2) is 25.4 Å². The minimum absolute atomic E-state index is 0.778. The van der Waals surface area contributed by atoms with E-state index in [1.807, 2.05) is 60.8 Å². The first-order chi connectivity index (χ1) is 13.3. The number of anilines is 1. The zero-order valence-corrected chi connectivity index (χ0v) is 15.1. The van der Waals surface area contributed by atoms with Crippen LogP contribution in [0.4, 0.5) is 5.69 Å². The number of aromatic nitrogens is 1. The van der Waals surface area contributed by atoms with Gasteiger partial charge in [-0.15, -0.1) is 0 Å². The highest BCUT2D eigenvalue weighted by atomic mass is 16.5. The molecule has 27 heavy (non-hydrogen) atoms. The molecule has 0 bridgehead atoms. The third kappa shape index (κ3) is 3.27. The van der Waals surface area contributed by atoms with E-state index in [0.29, 0.717) is 0 Å². The Morgan fingerprint density at radius 2 is 1.74 bits per heavy atom. The third-order valence-corrected chi connectivity index (χ3v) is 4.48. The van der Waals surface area contributed by atoms with Gasteiger partial charge < -0.3 is 9.47 Å². The largest absolute Gasteiger partial charge is 0.497 e. The van der Waals surface area contributed by atoms with Gasteiger partial charge in [0.15, 0.2) is 0 Å². The van der Waals surface area contributed by atoms with Crippen LogP contribution in [0.3, 0.4) is 0 Å². The molecule has 0 saturated carbocycles. The van der Waals surface area contributed by atoms with Gasteiger partial charge in [-0.25, -0.2) is 0 Å². The number of hydrogen-bond donors (Lipinski definition) is 1. The van der Waals surface area contributed by atoms with Crippen LogP contribution in [0.5, 0.6) is 11.5 Å². The van der Waals surface area contributed by atoms with Crippen molar-refractivity contribution in [3.63, 3.8) is 0 Å². The summed E-state index contributed by atoms with van der Waals surface area (Å²) in [5.74, 6) is 1.63. The normalized spacial score (nSPS) is 11.2. The molecule has 0 unspecified atom stereocenters. The Balaban J connectivity index is 1.65. The fourth-order valence-corrected chi connectivity index (χ4v) is 3.11. The molecule has 3 aromatic carbocycles. The van der Waals surface area contributed by atoms with E-state index >= 15 is 0 Å². The number of nitrogens with one attached hydrogen (secondary N) is 1. The molecule has 0 spiro atoms. The van der Waals surface area contributed by atoms with Gasteiger partial charge in [0, 0.05) is 28.6 Å². The highest BCUT2D eigenvalue weighted by molar-refractivity contribution is 6.02. The third-order valence-electron chi connectivity index (χ3n) is 4.48. The lowest BCUT2D eigenvalue weighted by molar-refractivity contribution is 0.415. The van der Waals surface area contributed by atoms with E-state index in [9.17, 15) is 0 Å². The summed E-state index contributed by atoms with van der Waals surface area (Å²) < 4.78 is 10.7. The first kappa shape index (κ1) is 16.8. The highest BCUT2D eigenvalue weighted by Gasteiger charge is 2.05. The smallest absolute Gasteiger partial charge is 0.126 e. The number of fused-ring (bicyclic) bond motifs is 2. The second-order valence-corrected chi connectivity index (χ2v) is 6.01. The number of rotatable bonds is 5. The van der Waals surface area contributed by atoms with Gasteiger partial charge in [0.05, 0.1) is 31.6 Å². The summed E-state index contributed by atoms with van der Waals surface area (Å²) in [5, 5.41) is 7.57. The van der Waals surface area contributed by atoms with Crippen molar-refractivity contribution >= 4 is 33.6 Å². The van der Waals surface area contributed by atoms with Crippen LogP contribution in [0.15, 0.2) is 72.0 Å². The first-order valence-corrected chi connectivity index (χ1v) is 8.58. The molecular formula is C22H19N3O2. The van der Waals surface area contributed by atoms with Crippen LogP contribution in [0.2, 0.25) is 0 Å². The molecule has 1 N–H and O–H groups in total. The molecule has 1 heterocycles. The van der Waals surface area contributed by atoms with E-state index in [2.05, 4.69) is 21.6 Å². The molecule has 0 saturated heterocycles. The number of hydrogen-bond acceptors (Lipinski definition) is 5. The second kappa shape index (κ2) is 7.33. The lowest BCUT2D eigenvalue weighted by atomic mass is 10.0. The minimum atomic E-state index is 0.778. The van der Waals surface area contributed by atoms with E-state index in [1.165, 1.54) is 0 Å². The van der Waals surface area contributed by atoms with E-state index in [0.717, 1.165) is 44.4 Å². The van der Waals surface area contributed by atoms with Crippen molar-refractivity contribution in [3.8, 4) is 11.5 Å². The molecule has 0 aliphatic heterocycles. The van der Waals surface area contributed by atoms with E-state index in [4.69, 9.17) is 9.47 Å². The number of pyridine rings is 1. The fraction of sp³-hybridized carbons (Fsp3) is 0.0909. The molecule has 5 nitrogen and oxygen atoms in total. The van der Waals surface area contributed by atoms with Gasteiger partial charge in [-0.05, 0) is 35.7 Å². The predicted molar refractivity (Wildman–Crippen MR) is 110 cm³/mol. The van der Waals surface area contributed by atoms with Crippen LogP contribution in [0, 0.1) is 0 Å². The molecular weight excluding hydrogens is 338 g/mol. The number of nitrogens with zero attached hydrogens (tertiary/aromatic N) is 2. The fourth-order valence-electron chi connectivity index (χ4n) is 3.11. The summed E-state index contributed by atoms with van der Waals surface area (Å²) in [6.07, 6.45) is 3.57. The minimum Gasteiger partial charge on any atom is -0.497 e. The predicted octanol–water partition coefficient (Wildman–Crippen LogP) is 4.85. The molecule has 0 amide bonds. The van der Waals surface area contributed by atoms with Crippen molar-refractivity contribution in [1.29, 1.82) is 0 Å². The number of benzene rings is 3. The Morgan fingerprint density at radius 1 is 0.889 bits per heavy atom. The number of ether oxygens (including phenoxy) is 2. The van der Waals surface area contributed by atoms with Crippen LogP contribution < -0.4 is 14.9 Å². The van der Waals surface area contributed by atoms with Crippen LogP contribution >= 0.6 is 0 Å². The average Bonchev–Trinajstić information content (AvgIpc) is 2.73. The summed E-state index contributed by atoms with van der Waals surface area (Å²) in [4.78, 5) is 4.39. The van der Waals surface area contributed by atoms with Gasteiger partial charge in [-0.3, -0.25) is 10.4 Å². The molecule has 4 rings (SSSR count). The first-order valence-electron chi connectivity index (χ1n) is 8.58. The molecule has 5 heteroatoms. The van der Waals surface area contributed by atoms with Crippen LogP contribution in [0.25, 0.3) is 21.7 Å². The van der Waals surface area contributed by atoms with Crippen molar-refractivity contribution in [2.24, 2.45) is 5.10 Å². The maximum absolute atomic E-state index is 5.45. The summed E-state index contributed by atoms with van der Waals surface area (Å²) in [6, 6.07) is 19.8. The molecule has 0 fully saturated rings. The number of methoxy groups -OCH3 is 2. The molecule has 0 aliphatic rings. The number of hydrazone groups is 1. The second-order valence-electron chi connectivity index (χ2n) is 6.01. The topological polar surface area (TPSA) is 55.7 Å². The zero-order valence-electron chi connectivity index (χ0n) is 15.1. The van der Waals surface area contributed by atoms with Crippen molar-refractivity contribution in [2.75, 3.05) is 19.6 Å². The standard InChI is InChI=1S/C22H19N3O2/c1-26-16-8-9-19-20(11-12-23-21(19)13-16)25-24-14-15-7-10-22(27-2)18-6-4-3-5-17(15)18/h3-14H,1-2H3,(H,23,25)/b24-14+. The lowest BCUT2D eigenvalue weighted by Crippen LogP contribution is -1.94. The average molecular weight is 357 g/mol. The molecule has 0 atom stereocenters. The highest BCUT2D eigenvalue weighted by Crippen LogP contribution is 2.28. The quantitative estimate of drug-likeness (QED) is 0.410. The van der Waals surface area contributed by atoms with E-state index in [1.54, 1.807) is 20.4 Å². The lowest BCUT2D eigenvalue weighted by Gasteiger charge is -2.08. The molecule has 4 aromatic rings. The Kier molecular flexibility index (Phi) is 4.58. The van der Waals surface area contributed by atoms with Gasteiger partial charge in [0.2, 0.25) is 0 Å². The Labute approximate surface area is 157 Å². The van der Waals surface area contributed by atoms with E-state index in [-0.39, 0.29) is 0 Å². The molecule has 1 aromatic heterocycles. The van der Waals surface area contributed by atoms with Gasteiger partial charge in [-0.2, -0.15) is 5.10 Å². The summed E-state index contributed by atoms with van der Waals surface area (Å²) in [6.45, 7) is 0. The Morgan fingerprint density at radius 3 is 2.56 bits per heavy atom. The summed E-state index contributed by atoms with van der Waals surface area (Å²) >= 11 is 0. The Hall–Kier alpha value is -3.60. The maximum Gasteiger partial charge on any atom is 0.126 e. The zero-order chi connectivity index (χ0) is 18.6. The molecule has 0 aliphatic carbocycles. The van der Waals surface area contributed by atoms with Gasteiger partial charge in [0.25, 0.3) is 0 Å². The monoisotopic (exact) mass is 357 g/mol. The van der Waals surface area contributed by atoms with Crippen LogP contribution in [0.1, 0.15) is 5.56 Å². The van der Waals surface area contributed by atoms with Gasteiger partial charge in [0.1, 0.15) is 11.5 Å². The summed E-state index contributed by atoms with van der Waals surface area (Å²) in [5.41, 5.74) is 5.87. The van der Waals surface area contributed by atoms with Gasteiger partial charge in [-0.1, -0.05) is 24.3 Å². The molecule has 0 radical (unpaired) electrons. The van der Waals surface area contributed by atoms with Crippen LogP contribution in [-0.2, 0) is 0 Å². The molecule has 134 valence electrons. The van der Waals surface area contributed by atoms with Crippen molar-refractivity contribution < 1.29 is 9.47 Å². The Bertz CT molecular complexity index is 1140. The SMILES string of the molecule is COc1ccc2c(N/N=C/c3ccc(OC)c4ccccc34)ccnc2c1. The van der Waals surface area contributed by atoms with Crippen molar-refractivity contribution in [2.45, 2.75) is 0 Å². The van der Waals surface area contributed by atoms with Gasteiger partial charge >= 0.3 is 0 Å². The van der Waals surface area contributed by atoms with Crippen molar-refractivity contribution in [3.05, 3.63) is 72.4 Å². The van der Waals surface area contributed by atoms with E-state index < -0.39 is 0 Å².